The van der Waals surface area contributed by atoms with Crippen molar-refractivity contribution in [2.45, 2.75) is 118 Å². The average molecular weight is 859 g/mol. The molecule has 0 radical (unpaired) electrons. The van der Waals surface area contributed by atoms with Gasteiger partial charge in [-0.1, -0.05) is 167 Å². The molecule has 0 bridgehead atoms. The zero-order valence-corrected chi connectivity index (χ0v) is 38.4. The van der Waals surface area contributed by atoms with E-state index in [0.29, 0.717) is 17.8 Å². The zero-order chi connectivity index (χ0) is 43.2. The van der Waals surface area contributed by atoms with Gasteiger partial charge in [0, 0.05) is 39.9 Å². The molecule has 9 aromatic carbocycles. The van der Waals surface area contributed by atoms with Crippen molar-refractivity contribution in [1.29, 1.82) is 0 Å². The summed E-state index contributed by atoms with van der Waals surface area (Å²) in [6.07, 6.45) is 29.3. The van der Waals surface area contributed by atoms with Crippen LogP contribution in [0.5, 0.6) is 5.75 Å². The van der Waals surface area contributed by atoms with Gasteiger partial charge in [-0.3, -0.25) is 0 Å². The Morgan fingerprint density at radius 1 is 0.522 bits per heavy atom. The first-order valence-corrected chi connectivity index (χ1v) is 26.4. The predicted octanol–water partition coefficient (Wildman–Crippen LogP) is 16.6. The second kappa shape index (κ2) is 10.9. The van der Waals surface area contributed by atoms with Crippen molar-refractivity contribution in [3.8, 4) is 5.75 Å². The third kappa shape index (κ3) is 3.13. The Balaban J connectivity index is 0.884. The van der Waals surface area contributed by atoms with Gasteiger partial charge in [0.2, 0.25) is 0 Å². The van der Waals surface area contributed by atoms with Gasteiger partial charge in [0.05, 0.1) is 6.61 Å². The highest BCUT2D eigenvalue weighted by atomic mass is 16.5. The van der Waals surface area contributed by atoms with Gasteiger partial charge in [-0.25, -0.2) is 0 Å². The molecule has 7 unspecified atom stereocenters. The molecule has 0 aromatic heterocycles. The topological polar surface area (TPSA) is 9.23 Å². The molecule has 0 saturated heterocycles. The Bertz CT molecular complexity index is 4070. The van der Waals surface area contributed by atoms with E-state index in [1.54, 1.807) is 115 Å². The maximum atomic E-state index is 6.64. The number of hydrogen-bond acceptors (Lipinski definition) is 1. The van der Waals surface area contributed by atoms with E-state index in [9.17, 15) is 0 Å². The third-order valence-electron chi connectivity index (χ3n) is 20.8. The summed E-state index contributed by atoms with van der Waals surface area (Å²) in [7, 11) is 0. The van der Waals surface area contributed by atoms with Gasteiger partial charge in [0.25, 0.3) is 0 Å². The quantitative estimate of drug-likeness (QED) is 0.0782. The van der Waals surface area contributed by atoms with Crippen molar-refractivity contribution in [1.82, 2.24) is 0 Å². The molecule has 320 valence electrons. The lowest BCUT2D eigenvalue weighted by molar-refractivity contribution is 0.304. The maximum Gasteiger partial charge on any atom is 0.119 e. The van der Waals surface area contributed by atoms with Crippen LogP contribution in [0.1, 0.15) is 156 Å². The fourth-order valence-electron chi connectivity index (χ4n) is 19.1. The molecule has 10 aliphatic carbocycles. The molecule has 0 N–H and O–H groups in total. The minimum absolute atomic E-state index is 0.216. The van der Waals surface area contributed by atoms with Crippen LogP contribution in [-0.2, 0) is 16.2 Å². The number of unbranched alkanes of at least 4 members (excludes halogenated alkanes) is 9. The predicted molar refractivity (Wildman–Crippen MR) is 276 cm³/mol. The number of fused-ring (bicyclic) bond motifs is 4. The summed E-state index contributed by atoms with van der Waals surface area (Å²) in [5.74, 6) is 2.40. The van der Waals surface area contributed by atoms with Crippen LogP contribution in [0.3, 0.4) is 0 Å². The van der Waals surface area contributed by atoms with E-state index in [4.69, 9.17) is 4.74 Å². The summed E-state index contributed by atoms with van der Waals surface area (Å²) in [4.78, 5) is 0. The number of ether oxygens (including phenoxy) is 1. The molecule has 9 aromatic rings. The van der Waals surface area contributed by atoms with Crippen molar-refractivity contribution < 1.29 is 4.74 Å². The molecule has 1 fully saturated rings. The van der Waals surface area contributed by atoms with E-state index < -0.39 is 0 Å². The second-order valence-electron chi connectivity index (χ2n) is 22.9. The van der Waals surface area contributed by atoms with E-state index in [1.165, 1.54) is 90.8 Å². The van der Waals surface area contributed by atoms with E-state index in [2.05, 4.69) is 123 Å². The minimum atomic E-state index is -0.336. The molecule has 67 heavy (non-hydrogen) atoms. The van der Waals surface area contributed by atoms with Crippen LogP contribution in [-0.4, -0.2) is 6.61 Å². The maximum absolute atomic E-state index is 6.64. The van der Waals surface area contributed by atoms with E-state index in [1.807, 2.05) is 0 Å². The highest BCUT2D eigenvalue weighted by Crippen LogP contribution is 2.96. The van der Waals surface area contributed by atoms with E-state index >= 15 is 0 Å². The molecule has 0 heterocycles. The first-order valence-electron chi connectivity index (χ1n) is 26.4. The Kier molecular flexibility index (Phi) is 5.70. The van der Waals surface area contributed by atoms with Crippen molar-refractivity contribution in [2.75, 3.05) is 6.61 Å². The summed E-state index contributed by atoms with van der Waals surface area (Å²) in [6.45, 7) is 5.37. The molecule has 2 spiro atoms. The Labute approximate surface area is 390 Å². The lowest BCUT2D eigenvalue weighted by Crippen LogP contribution is -2.30. The second-order valence-corrected chi connectivity index (χ2v) is 22.9. The smallest absolute Gasteiger partial charge is 0.119 e. The standard InChI is InChI=1S/C66H50O/c1-3-4-5-6-7-8-9-10-11-12-31-67-35-19-17-34(18-20-35)64(33-15-13-32(2)14-16-33)65-44-29-30-45-43-28-26-41-39-24-22-37-36-21-23-38-40-25-27-42(44)52-50(40)55-48(38)46(36)54-47(37)49(39)56-51(41)53(43)63(66(45,64)65)61-59(56)57(54)58(55)60(61)62(52)65/h13-30,36,40,45-46H,3-12,31H2,1-2H3. The monoisotopic (exact) mass is 858 g/mol. The van der Waals surface area contributed by atoms with Crippen LogP contribution < -0.4 is 4.74 Å². The molecule has 19 rings (SSSR count). The number of aryl methyl sites for hydroxylation is 1. The number of allylic oxidation sites excluding steroid dienone is 10. The van der Waals surface area contributed by atoms with Gasteiger partial charge >= 0.3 is 0 Å². The first kappa shape index (κ1) is 35.0. The van der Waals surface area contributed by atoms with Crippen molar-refractivity contribution in [3.63, 3.8) is 0 Å². The normalized spacial score (nSPS) is 28.7. The molecule has 7 atom stereocenters. The highest BCUT2D eigenvalue weighted by Gasteiger charge is 2.95. The number of rotatable bonds is 14. The van der Waals surface area contributed by atoms with E-state index in [-0.39, 0.29) is 22.2 Å². The molecule has 1 nitrogen and oxygen atoms in total. The highest BCUT2D eigenvalue weighted by molar-refractivity contribution is 6.52. The zero-order valence-electron chi connectivity index (χ0n) is 38.4. The van der Waals surface area contributed by atoms with Crippen LogP contribution in [0.2, 0.25) is 0 Å². The third-order valence-corrected chi connectivity index (χ3v) is 20.8. The van der Waals surface area contributed by atoms with Gasteiger partial charge in [-0.15, -0.1) is 0 Å². The molecule has 0 aliphatic heterocycles. The Morgan fingerprint density at radius 3 is 2.01 bits per heavy atom. The molecular weight excluding hydrogens is 809 g/mol. The molecule has 1 saturated carbocycles. The Morgan fingerprint density at radius 2 is 1.22 bits per heavy atom. The summed E-state index contributed by atoms with van der Waals surface area (Å²) < 4.78 is 6.64. The first-order chi connectivity index (χ1) is 33.2. The van der Waals surface area contributed by atoms with Gasteiger partial charge < -0.3 is 4.74 Å². The number of hydrogen-bond donors (Lipinski definition) is 0. The minimum Gasteiger partial charge on any atom is -0.494 e. The summed E-state index contributed by atoms with van der Waals surface area (Å²) in [5, 5.41) is 19.1. The molecular formula is C66H50O. The van der Waals surface area contributed by atoms with Crippen molar-refractivity contribution in [3.05, 3.63) is 182 Å². The van der Waals surface area contributed by atoms with Gasteiger partial charge in [0.15, 0.2) is 0 Å². The van der Waals surface area contributed by atoms with Crippen LogP contribution in [0, 0.1) is 6.92 Å². The number of benzene rings is 7. The van der Waals surface area contributed by atoms with Crippen LogP contribution in [0.4, 0.5) is 0 Å². The lowest BCUT2D eigenvalue weighted by Gasteiger charge is -2.34. The summed E-state index contributed by atoms with van der Waals surface area (Å²) >= 11 is 0. The van der Waals surface area contributed by atoms with Gasteiger partial charge in [-0.05, 0) is 168 Å². The molecule has 0 amide bonds. The van der Waals surface area contributed by atoms with Gasteiger partial charge in [-0.2, -0.15) is 0 Å². The van der Waals surface area contributed by atoms with Crippen LogP contribution >= 0.6 is 0 Å². The Hall–Kier alpha value is -6.18. The summed E-state index contributed by atoms with van der Waals surface area (Å²) in [5.41, 5.74) is 23.0. The van der Waals surface area contributed by atoms with Crippen molar-refractivity contribution in [2.24, 2.45) is 0 Å². The fraction of sp³-hybridized carbons (Fsp3) is 0.303. The molecule has 10 aliphatic rings. The van der Waals surface area contributed by atoms with Crippen molar-refractivity contribution >= 4 is 75.8 Å². The fourth-order valence-corrected chi connectivity index (χ4v) is 19.1. The lowest BCUT2D eigenvalue weighted by atomic mass is 9.66. The van der Waals surface area contributed by atoms with Crippen LogP contribution in [0.25, 0.3) is 75.8 Å². The largest absolute Gasteiger partial charge is 0.494 e. The summed E-state index contributed by atoms with van der Waals surface area (Å²) in [6, 6.07) is 30.0. The average Bonchev–Trinajstić information content (AvgIpc) is 4.00. The van der Waals surface area contributed by atoms with Gasteiger partial charge in [0.1, 0.15) is 5.75 Å². The molecule has 1 heteroatoms. The van der Waals surface area contributed by atoms with Crippen LogP contribution in [0.15, 0.2) is 120 Å². The SMILES string of the molecule is CCCCCCCCCCCCOc1ccc(C2(c3ccc(C)cc3)C34C5=C6C=CC7C8=C9c%10c7c6c3c3c%10c6c7c%10c(ccc%11c%12ccc%13c%14c(c3c6c(c%10%11)c%14%12)C42C%13C=C5)C(C=C8)C97)cc1. The van der Waals surface area contributed by atoms with E-state index in [0.717, 1.165) is 18.8 Å².